The lowest BCUT2D eigenvalue weighted by molar-refractivity contribution is 0.104. The maximum absolute atomic E-state index is 14.7. The SMILES string of the molecule is C=CC(=O)c1cc(F)c(C(=C)NC(O)c2ccc(-c3ccccc3C)c(COC)c2)cc1C. The third-order valence-corrected chi connectivity index (χ3v) is 5.58. The molecule has 0 radical (unpaired) electrons. The Kier molecular flexibility index (Phi) is 7.59. The fourth-order valence-electron chi connectivity index (χ4n) is 3.81. The van der Waals surface area contributed by atoms with Gasteiger partial charge in [-0.25, -0.2) is 4.39 Å². The van der Waals surface area contributed by atoms with Crippen molar-refractivity contribution >= 4 is 11.5 Å². The number of nitrogens with one attached hydrogen (secondary N) is 1. The van der Waals surface area contributed by atoms with Crippen LogP contribution in [0.4, 0.5) is 4.39 Å². The summed E-state index contributed by atoms with van der Waals surface area (Å²) in [4.78, 5) is 11.9. The van der Waals surface area contributed by atoms with E-state index in [0.717, 1.165) is 28.3 Å². The monoisotopic (exact) mass is 445 g/mol. The minimum absolute atomic E-state index is 0.181. The van der Waals surface area contributed by atoms with Crippen molar-refractivity contribution in [3.63, 3.8) is 0 Å². The van der Waals surface area contributed by atoms with Crippen molar-refractivity contribution in [3.05, 3.63) is 113 Å². The molecule has 3 aromatic carbocycles. The van der Waals surface area contributed by atoms with Crippen LogP contribution in [0.15, 0.2) is 73.8 Å². The molecule has 0 bridgehead atoms. The number of ether oxygens (including phenoxy) is 1. The number of carbonyl (C=O) groups excluding carboxylic acids is 1. The van der Waals surface area contributed by atoms with Gasteiger partial charge in [0, 0.05) is 29.5 Å². The average Bonchev–Trinajstić information content (AvgIpc) is 2.80. The Morgan fingerprint density at radius 1 is 1.09 bits per heavy atom. The maximum Gasteiger partial charge on any atom is 0.185 e. The van der Waals surface area contributed by atoms with Crippen molar-refractivity contribution in [2.75, 3.05) is 7.11 Å². The van der Waals surface area contributed by atoms with Crippen LogP contribution in [-0.4, -0.2) is 18.0 Å². The van der Waals surface area contributed by atoms with E-state index in [4.69, 9.17) is 4.74 Å². The number of benzene rings is 3. The van der Waals surface area contributed by atoms with E-state index in [1.54, 1.807) is 14.0 Å². The molecule has 0 aromatic heterocycles. The van der Waals surface area contributed by atoms with Gasteiger partial charge >= 0.3 is 0 Å². The number of aliphatic hydroxyl groups is 1. The zero-order valence-corrected chi connectivity index (χ0v) is 19.1. The second-order valence-corrected chi connectivity index (χ2v) is 7.91. The van der Waals surface area contributed by atoms with Gasteiger partial charge in [-0.05, 0) is 65.9 Å². The van der Waals surface area contributed by atoms with E-state index in [0.29, 0.717) is 17.7 Å². The van der Waals surface area contributed by atoms with Gasteiger partial charge in [0.2, 0.25) is 0 Å². The molecule has 3 aromatic rings. The summed E-state index contributed by atoms with van der Waals surface area (Å²) >= 11 is 0. The first-order chi connectivity index (χ1) is 15.8. The van der Waals surface area contributed by atoms with Crippen molar-refractivity contribution in [2.24, 2.45) is 0 Å². The highest BCUT2D eigenvalue weighted by Crippen LogP contribution is 2.30. The van der Waals surface area contributed by atoms with Crippen LogP contribution in [0.2, 0.25) is 0 Å². The van der Waals surface area contributed by atoms with E-state index in [2.05, 4.69) is 18.5 Å². The number of aliphatic hydroxyl groups excluding tert-OH is 1. The highest BCUT2D eigenvalue weighted by Gasteiger charge is 2.17. The molecule has 4 nitrogen and oxygen atoms in total. The first-order valence-corrected chi connectivity index (χ1v) is 10.5. The summed E-state index contributed by atoms with van der Waals surface area (Å²) in [7, 11) is 1.62. The Labute approximate surface area is 194 Å². The Bertz CT molecular complexity index is 1220. The number of hydrogen-bond donors (Lipinski definition) is 2. The van der Waals surface area contributed by atoms with E-state index in [9.17, 15) is 14.3 Å². The van der Waals surface area contributed by atoms with E-state index < -0.39 is 12.0 Å². The number of hydrogen-bond acceptors (Lipinski definition) is 4. The number of halogens is 1. The molecule has 2 N–H and O–H groups in total. The fraction of sp³-hybridized carbons (Fsp3) is 0.179. The van der Waals surface area contributed by atoms with Crippen molar-refractivity contribution in [1.29, 1.82) is 0 Å². The molecule has 5 heteroatoms. The van der Waals surface area contributed by atoms with Gasteiger partial charge < -0.3 is 15.2 Å². The zero-order valence-electron chi connectivity index (χ0n) is 19.1. The quantitative estimate of drug-likeness (QED) is 0.245. The lowest BCUT2D eigenvalue weighted by Crippen LogP contribution is -2.20. The van der Waals surface area contributed by atoms with Crippen molar-refractivity contribution in [3.8, 4) is 11.1 Å². The van der Waals surface area contributed by atoms with E-state index in [1.165, 1.54) is 12.1 Å². The number of methoxy groups -OCH3 is 1. The van der Waals surface area contributed by atoms with Crippen LogP contribution in [0.25, 0.3) is 16.8 Å². The van der Waals surface area contributed by atoms with Crippen LogP contribution < -0.4 is 5.32 Å². The highest BCUT2D eigenvalue weighted by atomic mass is 19.1. The fourth-order valence-corrected chi connectivity index (χ4v) is 3.81. The number of ketones is 1. The summed E-state index contributed by atoms with van der Waals surface area (Å²) in [6, 6.07) is 16.4. The number of rotatable bonds is 9. The minimum Gasteiger partial charge on any atom is -0.380 e. The Hall–Kier alpha value is -3.54. The zero-order chi connectivity index (χ0) is 24.1. The van der Waals surface area contributed by atoms with Gasteiger partial charge in [-0.15, -0.1) is 0 Å². The summed E-state index contributed by atoms with van der Waals surface area (Å²) in [5.74, 6) is -0.957. The molecule has 0 aliphatic carbocycles. The molecule has 0 saturated heterocycles. The number of allylic oxidation sites excluding steroid dienone is 1. The molecule has 1 atom stereocenters. The van der Waals surface area contributed by atoms with Gasteiger partial charge in [-0.2, -0.15) is 0 Å². The molecule has 170 valence electrons. The second kappa shape index (κ2) is 10.4. The maximum atomic E-state index is 14.7. The van der Waals surface area contributed by atoms with E-state index in [1.807, 2.05) is 49.4 Å². The molecular weight excluding hydrogens is 417 g/mol. The molecule has 33 heavy (non-hydrogen) atoms. The van der Waals surface area contributed by atoms with Gasteiger partial charge in [0.25, 0.3) is 0 Å². The summed E-state index contributed by atoms with van der Waals surface area (Å²) in [6.45, 7) is 11.5. The van der Waals surface area contributed by atoms with Crippen molar-refractivity contribution < 1.29 is 19.0 Å². The second-order valence-electron chi connectivity index (χ2n) is 7.91. The van der Waals surface area contributed by atoms with Crippen LogP contribution in [0, 0.1) is 19.7 Å². The topological polar surface area (TPSA) is 58.6 Å². The van der Waals surface area contributed by atoms with Gasteiger partial charge in [0.1, 0.15) is 5.82 Å². The summed E-state index contributed by atoms with van der Waals surface area (Å²) < 4.78 is 20.1. The lowest BCUT2D eigenvalue weighted by atomic mass is 9.94. The minimum atomic E-state index is -1.12. The molecule has 0 saturated carbocycles. The Balaban J connectivity index is 1.88. The van der Waals surface area contributed by atoms with Gasteiger partial charge in [-0.1, -0.05) is 49.6 Å². The third-order valence-electron chi connectivity index (χ3n) is 5.58. The molecular formula is C28H28FNO3. The lowest BCUT2D eigenvalue weighted by Gasteiger charge is -2.20. The molecule has 0 aliphatic heterocycles. The number of aryl methyl sites for hydroxylation is 2. The number of carbonyl (C=O) groups is 1. The van der Waals surface area contributed by atoms with Crippen LogP contribution in [0.5, 0.6) is 0 Å². The van der Waals surface area contributed by atoms with Gasteiger partial charge in [0.15, 0.2) is 12.0 Å². The third kappa shape index (κ3) is 5.28. The molecule has 0 spiro atoms. The van der Waals surface area contributed by atoms with Crippen LogP contribution in [0.1, 0.15) is 44.4 Å². The van der Waals surface area contributed by atoms with Crippen LogP contribution >= 0.6 is 0 Å². The van der Waals surface area contributed by atoms with Gasteiger partial charge in [0.05, 0.1) is 6.61 Å². The molecule has 0 fully saturated rings. The standard InChI is InChI=1S/C28H28FNO3/c1-6-27(31)24-15-26(29)25(13-18(24)3)19(4)30-28(32)20-11-12-23(21(14-20)16-33-5)22-10-8-7-9-17(22)2/h6-15,28,30,32H,1,4,16H2,2-3,5H3. The largest absolute Gasteiger partial charge is 0.380 e. The summed E-state index contributed by atoms with van der Waals surface area (Å²) in [5, 5.41) is 13.7. The van der Waals surface area contributed by atoms with E-state index in [-0.39, 0.29) is 22.6 Å². The first-order valence-electron chi connectivity index (χ1n) is 10.5. The van der Waals surface area contributed by atoms with Crippen LogP contribution in [-0.2, 0) is 11.3 Å². The van der Waals surface area contributed by atoms with Crippen molar-refractivity contribution in [2.45, 2.75) is 26.7 Å². The van der Waals surface area contributed by atoms with Crippen LogP contribution in [0.3, 0.4) is 0 Å². The predicted molar refractivity (Wildman–Crippen MR) is 130 cm³/mol. The average molecular weight is 446 g/mol. The summed E-state index contributed by atoms with van der Waals surface area (Å²) in [6.07, 6.45) is 0.0319. The Morgan fingerprint density at radius 2 is 1.82 bits per heavy atom. The van der Waals surface area contributed by atoms with E-state index >= 15 is 0 Å². The molecule has 0 aliphatic rings. The molecule has 3 rings (SSSR count). The summed E-state index contributed by atoms with van der Waals surface area (Å²) in [5.41, 5.74) is 6.00. The molecule has 0 amide bonds. The predicted octanol–water partition coefficient (Wildman–Crippen LogP) is 5.88. The highest BCUT2D eigenvalue weighted by molar-refractivity contribution is 6.05. The normalized spacial score (nSPS) is 11.7. The molecule has 0 heterocycles. The smallest absolute Gasteiger partial charge is 0.185 e. The molecule has 1 unspecified atom stereocenters. The Morgan fingerprint density at radius 3 is 2.48 bits per heavy atom. The van der Waals surface area contributed by atoms with Crippen molar-refractivity contribution in [1.82, 2.24) is 5.32 Å². The first kappa shape index (κ1) is 24.1. The van der Waals surface area contributed by atoms with Gasteiger partial charge in [-0.3, -0.25) is 4.79 Å².